The molecule has 0 fully saturated rings. The first-order valence-corrected chi connectivity index (χ1v) is 7.62. The van der Waals surface area contributed by atoms with E-state index in [9.17, 15) is 9.90 Å². The van der Waals surface area contributed by atoms with Crippen LogP contribution >= 0.6 is 0 Å². The number of aromatic nitrogens is 1. The van der Waals surface area contributed by atoms with E-state index in [4.69, 9.17) is 4.74 Å². The molecule has 1 N–H and O–H groups in total. The number of fused-ring (bicyclic) bond motifs is 1. The summed E-state index contributed by atoms with van der Waals surface area (Å²) in [6.45, 7) is 3.78. The zero-order chi connectivity index (χ0) is 16.4. The number of pyridine rings is 1. The molecule has 0 saturated heterocycles. The van der Waals surface area contributed by atoms with Crippen molar-refractivity contribution in [2.24, 2.45) is 0 Å². The highest BCUT2D eigenvalue weighted by molar-refractivity contribution is 5.77. The predicted molar refractivity (Wildman–Crippen MR) is 86.5 cm³/mol. The fourth-order valence-corrected chi connectivity index (χ4v) is 3.08. The number of carboxylic acids is 1. The third-order valence-electron chi connectivity index (χ3n) is 4.25. The fraction of sp³-hybridized carbons (Fsp3) is 0.333. The van der Waals surface area contributed by atoms with Crippen molar-refractivity contribution >= 4 is 5.97 Å². The number of rotatable bonds is 4. The summed E-state index contributed by atoms with van der Waals surface area (Å²) in [6.07, 6.45) is 0. The van der Waals surface area contributed by atoms with Crippen molar-refractivity contribution in [2.75, 3.05) is 13.7 Å². The Morgan fingerprint density at radius 1 is 1.35 bits per heavy atom. The van der Waals surface area contributed by atoms with Crippen molar-refractivity contribution in [3.05, 3.63) is 58.8 Å². The SMILES string of the molecule is COc1nc(CN2Cc3ccccc3C(C(=O)O)C2)ccc1C. The van der Waals surface area contributed by atoms with Gasteiger partial charge in [0.25, 0.3) is 0 Å². The zero-order valence-corrected chi connectivity index (χ0v) is 13.3. The lowest BCUT2D eigenvalue weighted by Gasteiger charge is -2.32. The molecular formula is C18H20N2O3. The lowest BCUT2D eigenvalue weighted by atomic mass is 9.90. The molecule has 3 rings (SSSR count). The molecule has 0 bridgehead atoms. The average Bonchev–Trinajstić information content (AvgIpc) is 2.55. The van der Waals surface area contributed by atoms with E-state index in [1.165, 1.54) is 0 Å². The van der Waals surface area contributed by atoms with Gasteiger partial charge in [-0.3, -0.25) is 9.69 Å². The van der Waals surface area contributed by atoms with E-state index in [0.717, 1.165) is 28.9 Å². The van der Waals surface area contributed by atoms with Crippen LogP contribution in [0.25, 0.3) is 0 Å². The van der Waals surface area contributed by atoms with E-state index < -0.39 is 11.9 Å². The number of aryl methyl sites for hydroxylation is 1. The van der Waals surface area contributed by atoms with Crippen molar-refractivity contribution in [1.82, 2.24) is 9.88 Å². The molecule has 5 nitrogen and oxygen atoms in total. The standard InChI is InChI=1S/C18H20N2O3/c1-12-7-8-14(19-17(12)23-2)10-20-9-13-5-3-4-6-15(13)16(11-20)18(21)22/h3-8,16H,9-11H2,1-2H3,(H,21,22). The molecule has 2 heterocycles. The Hall–Kier alpha value is -2.40. The van der Waals surface area contributed by atoms with E-state index in [0.29, 0.717) is 19.0 Å². The van der Waals surface area contributed by atoms with E-state index in [-0.39, 0.29) is 0 Å². The van der Waals surface area contributed by atoms with Crippen molar-refractivity contribution in [1.29, 1.82) is 0 Å². The summed E-state index contributed by atoms with van der Waals surface area (Å²) in [5, 5.41) is 9.53. The number of nitrogens with zero attached hydrogens (tertiary/aromatic N) is 2. The van der Waals surface area contributed by atoms with Gasteiger partial charge in [0.1, 0.15) is 0 Å². The van der Waals surface area contributed by atoms with E-state index >= 15 is 0 Å². The van der Waals surface area contributed by atoms with Crippen molar-refractivity contribution in [2.45, 2.75) is 25.9 Å². The van der Waals surface area contributed by atoms with E-state index in [1.807, 2.05) is 43.3 Å². The third kappa shape index (κ3) is 3.19. The number of methoxy groups -OCH3 is 1. The molecule has 0 aliphatic carbocycles. The summed E-state index contributed by atoms with van der Waals surface area (Å²) >= 11 is 0. The molecule has 2 aromatic rings. The van der Waals surface area contributed by atoms with Gasteiger partial charge in [-0.15, -0.1) is 0 Å². The number of ether oxygens (including phenoxy) is 1. The lowest BCUT2D eigenvalue weighted by molar-refractivity contribution is -0.139. The number of aliphatic carboxylic acids is 1. The molecule has 0 amide bonds. The van der Waals surface area contributed by atoms with Gasteiger partial charge in [-0.25, -0.2) is 4.98 Å². The van der Waals surface area contributed by atoms with Gasteiger partial charge in [0.2, 0.25) is 5.88 Å². The summed E-state index contributed by atoms with van der Waals surface area (Å²) in [5.74, 6) is -0.654. The molecule has 1 aliphatic rings. The Bertz CT molecular complexity index is 730. The fourth-order valence-electron chi connectivity index (χ4n) is 3.08. The van der Waals surface area contributed by atoms with E-state index in [2.05, 4.69) is 9.88 Å². The van der Waals surface area contributed by atoms with Crippen LogP contribution in [0.1, 0.15) is 28.3 Å². The third-order valence-corrected chi connectivity index (χ3v) is 4.25. The van der Waals surface area contributed by atoms with Gasteiger partial charge < -0.3 is 9.84 Å². The normalized spacial score (nSPS) is 17.6. The average molecular weight is 312 g/mol. The highest BCUT2D eigenvalue weighted by Gasteiger charge is 2.30. The van der Waals surface area contributed by atoms with Gasteiger partial charge in [0, 0.05) is 25.2 Å². The summed E-state index contributed by atoms with van der Waals surface area (Å²) in [7, 11) is 1.61. The molecule has 1 aromatic heterocycles. The van der Waals surface area contributed by atoms with Crippen LogP contribution in [0.2, 0.25) is 0 Å². The smallest absolute Gasteiger partial charge is 0.312 e. The first kappa shape index (κ1) is 15.5. The van der Waals surface area contributed by atoms with Crippen LogP contribution in [0, 0.1) is 6.92 Å². The van der Waals surface area contributed by atoms with Gasteiger partial charge in [-0.05, 0) is 24.1 Å². The Morgan fingerprint density at radius 2 is 2.13 bits per heavy atom. The van der Waals surface area contributed by atoms with Gasteiger partial charge in [0.15, 0.2) is 0 Å². The van der Waals surface area contributed by atoms with Crippen molar-refractivity contribution in [3.8, 4) is 5.88 Å². The second-order valence-corrected chi connectivity index (χ2v) is 5.89. The number of hydrogen-bond acceptors (Lipinski definition) is 4. The molecular weight excluding hydrogens is 292 g/mol. The summed E-state index contributed by atoms with van der Waals surface area (Å²) in [4.78, 5) is 18.2. The minimum Gasteiger partial charge on any atom is -0.481 e. The largest absolute Gasteiger partial charge is 0.481 e. The maximum absolute atomic E-state index is 11.6. The van der Waals surface area contributed by atoms with Crippen LogP contribution in [0.15, 0.2) is 36.4 Å². The second kappa shape index (κ2) is 6.38. The molecule has 23 heavy (non-hydrogen) atoms. The highest BCUT2D eigenvalue weighted by Crippen LogP contribution is 2.29. The Balaban J connectivity index is 1.84. The first-order valence-electron chi connectivity index (χ1n) is 7.62. The van der Waals surface area contributed by atoms with Crippen molar-refractivity contribution in [3.63, 3.8) is 0 Å². The molecule has 120 valence electrons. The molecule has 0 saturated carbocycles. The first-order chi connectivity index (χ1) is 11.1. The highest BCUT2D eigenvalue weighted by atomic mass is 16.5. The molecule has 1 unspecified atom stereocenters. The van der Waals surface area contributed by atoms with Gasteiger partial charge in [-0.1, -0.05) is 30.3 Å². The number of carboxylic acid groups (broad SMARTS) is 1. The van der Waals surface area contributed by atoms with Crippen LogP contribution in [-0.4, -0.2) is 34.6 Å². The van der Waals surface area contributed by atoms with Crippen LogP contribution in [0.4, 0.5) is 0 Å². The molecule has 1 aliphatic heterocycles. The van der Waals surface area contributed by atoms with Crippen LogP contribution < -0.4 is 4.74 Å². The zero-order valence-electron chi connectivity index (χ0n) is 13.3. The van der Waals surface area contributed by atoms with Crippen molar-refractivity contribution < 1.29 is 14.6 Å². The van der Waals surface area contributed by atoms with Gasteiger partial charge in [-0.2, -0.15) is 0 Å². The summed E-state index contributed by atoms with van der Waals surface area (Å²) in [5.41, 5.74) is 3.87. The Kier molecular flexibility index (Phi) is 4.30. The van der Waals surface area contributed by atoms with Crippen LogP contribution in [0.3, 0.4) is 0 Å². The molecule has 0 radical (unpaired) electrons. The Labute approximate surface area is 135 Å². The monoisotopic (exact) mass is 312 g/mol. The van der Waals surface area contributed by atoms with Gasteiger partial charge in [0.05, 0.1) is 18.7 Å². The number of hydrogen-bond donors (Lipinski definition) is 1. The predicted octanol–water partition coefficient (Wildman–Crippen LogP) is 2.58. The topological polar surface area (TPSA) is 62.7 Å². The van der Waals surface area contributed by atoms with E-state index in [1.54, 1.807) is 7.11 Å². The van der Waals surface area contributed by atoms with Gasteiger partial charge >= 0.3 is 5.97 Å². The molecule has 1 atom stereocenters. The summed E-state index contributed by atoms with van der Waals surface area (Å²) < 4.78 is 5.27. The minimum atomic E-state index is -0.781. The minimum absolute atomic E-state index is 0.490. The number of carbonyl (C=O) groups is 1. The number of benzene rings is 1. The quantitative estimate of drug-likeness (QED) is 0.940. The van der Waals surface area contributed by atoms with Crippen LogP contribution in [-0.2, 0) is 17.9 Å². The lowest BCUT2D eigenvalue weighted by Crippen LogP contribution is -2.36. The maximum atomic E-state index is 11.6. The molecule has 0 spiro atoms. The maximum Gasteiger partial charge on any atom is 0.312 e. The summed E-state index contributed by atoms with van der Waals surface area (Å²) in [6, 6.07) is 11.7. The van der Waals surface area contributed by atoms with Crippen LogP contribution in [0.5, 0.6) is 5.88 Å². The Morgan fingerprint density at radius 3 is 2.87 bits per heavy atom. The molecule has 1 aromatic carbocycles. The second-order valence-electron chi connectivity index (χ2n) is 5.89. The molecule has 5 heteroatoms.